The van der Waals surface area contributed by atoms with Crippen LogP contribution in [0.25, 0.3) is 0 Å². The number of methoxy groups -OCH3 is 1. The predicted molar refractivity (Wildman–Crippen MR) is 120 cm³/mol. The van der Waals surface area contributed by atoms with Crippen LogP contribution in [0.5, 0.6) is 5.75 Å². The summed E-state index contributed by atoms with van der Waals surface area (Å²) in [5.74, 6) is 1.20. The van der Waals surface area contributed by atoms with Crippen molar-refractivity contribution in [2.45, 2.75) is 30.7 Å². The quantitative estimate of drug-likeness (QED) is 0.649. The summed E-state index contributed by atoms with van der Waals surface area (Å²) in [7, 11) is -1.97. The van der Waals surface area contributed by atoms with Crippen LogP contribution in [0.3, 0.4) is 0 Å². The van der Waals surface area contributed by atoms with Crippen LogP contribution < -0.4 is 4.74 Å². The minimum Gasteiger partial charge on any atom is -0.497 e. The average Bonchev–Trinajstić information content (AvgIpc) is 2.75. The Kier molecular flexibility index (Phi) is 6.61. The van der Waals surface area contributed by atoms with E-state index in [1.165, 1.54) is 17.2 Å². The molecule has 0 aromatic heterocycles. The van der Waals surface area contributed by atoms with Crippen molar-refractivity contribution in [3.63, 3.8) is 0 Å². The normalized spacial score (nSPS) is 20.7. The smallest absolute Gasteiger partial charge is 0.244 e. The zero-order valence-electron chi connectivity index (χ0n) is 17.0. The van der Waals surface area contributed by atoms with E-state index in [1.54, 1.807) is 23.5 Å². The molecule has 0 spiro atoms. The molecule has 1 unspecified atom stereocenters. The van der Waals surface area contributed by atoms with Crippen molar-refractivity contribution in [1.29, 1.82) is 0 Å². The van der Waals surface area contributed by atoms with Gasteiger partial charge in [0.25, 0.3) is 0 Å². The van der Waals surface area contributed by atoms with Crippen LogP contribution in [0.4, 0.5) is 0 Å². The molecule has 2 aliphatic rings. The molecule has 0 aliphatic carbocycles. The summed E-state index contributed by atoms with van der Waals surface area (Å²) in [5, 5.41) is 0.583. The van der Waals surface area contributed by atoms with E-state index in [0.29, 0.717) is 24.0 Å². The number of nitrogens with zero attached hydrogens (tertiary/aromatic N) is 2. The van der Waals surface area contributed by atoms with Crippen molar-refractivity contribution in [1.82, 2.24) is 9.21 Å². The van der Waals surface area contributed by atoms with Crippen molar-refractivity contribution < 1.29 is 13.2 Å². The zero-order chi connectivity index (χ0) is 21.3. The van der Waals surface area contributed by atoms with Gasteiger partial charge in [0.05, 0.1) is 12.1 Å². The van der Waals surface area contributed by atoms with Gasteiger partial charge in [0.1, 0.15) is 10.6 Å². The van der Waals surface area contributed by atoms with Crippen molar-refractivity contribution in [2.24, 2.45) is 5.92 Å². The van der Waals surface area contributed by atoms with E-state index in [-0.39, 0.29) is 9.92 Å². The highest BCUT2D eigenvalue weighted by Crippen LogP contribution is 2.31. The van der Waals surface area contributed by atoms with E-state index in [1.807, 2.05) is 6.07 Å². The molecule has 4 rings (SSSR count). The SMILES string of the molecule is COc1ccc2c(c1)CCN(CC1CCCN(S(=O)(=O)c3cc(Cl)ccc3Cl)C1)C2. The second-order valence-electron chi connectivity index (χ2n) is 8.07. The maximum atomic E-state index is 13.2. The maximum Gasteiger partial charge on any atom is 0.244 e. The highest BCUT2D eigenvalue weighted by atomic mass is 35.5. The van der Waals surface area contributed by atoms with E-state index in [4.69, 9.17) is 27.9 Å². The first kappa shape index (κ1) is 21.9. The zero-order valence-corrected chi connectivity index (χ0v) is 19.3. The van der Waals surface area contributed by atoms with Crippen molar-refractivity contribution in [2.75, 3.05) is 33.3 Å². The fourth-order valence-electron chi connectivity index (χ4n) is 4.44. The van der Waals surface area contributed by atoms with Crippen LogP contribution in [-0.2, 0) is 23.0 Å². The number of halogens is 2. The lowest BCUT2D eigenvalue weighted by Gasteiger charge is -2.37. The number of hydrogen-bond donors (Lipinski definition) is 0. The fourth-order valence-corrected chi connectivity index (χ4v) is 6.74. The third kappa shape index (κ3) is 4.63. The molecule has 1 atom stereocenters. The Morgan fingerprint density at radius 1 is 1.10 bits per heavy atom. The van der Waals surface area contributed by atoms with Gasteiger partial charge in [0.15, 0.2) is 0 Å². The number of fused-ring (bicyclic) bond motifs is 1. The predicted octanol–water partition coefficient (Wildman–Crippen LogP) is 4.46. The number of benzene rings is 2. The second kappa shape index (κ2) is 9.05. The summed E-state index contributed by atoms with van der Waals surface area (Å²) in [4.78, 5) is 2.53. The Hall–Kier alpha value is -1.31. The minimum absolute atomic E-state index is 0.0955. The number of ether oxygens (including phenoxy) is 1. The summed E-state index contributed by atoms with van der Waals surface area (Å²) in [6, 6.07) is 10.9. The molecule has 2 heterocycles. The van der Waals surface area contributed by atoms with Crippen LogP contribution in [0.2, 0.25) is 10.0 Å². The molecular formula is C22H26Cl2N2O3S. The topological polar surface area (TPSA) is 49.9 Å². The van der Waals surface area contributed by atoms with Crippen LogP contribution in [-0.4, -0.2) is 50.9 Å². The third-order valence-corrected chi connectivity index (χ3v) is 8.60. The lowest BCUT2D eigenvalue weighted by atomic mass is 9.95. The highest BCUT2D eigenvalue weighted by molar-refractivity contribution is 7.89. The number of sulfonamides is 1. The van der Waals surface area contributed by atoms with Gasteiger partial charge in [-0.25, -0.2) is 8.42 Å². The van der Waals surface area contributed by atoms with Crippen LogP contribution in [0.1, 0.15) is 24.0 Å². The molecule has 1 saturated heterocycles. The van der Waals surface area contributed by atoms with Gasteiger partial charge in [-0.3, -0.25) is 4.90 Å². The molecule has 8 heteroatoms. The Morgan fingerprint density at radius 3 is 2.73 bits per heavy atom. The number of hydrogen-bond acceptors (Lipinski definition) is 4. The summed E-state index contributed by atoms with van der Waals surface area (Å²) in [6.45, 7) is 3.79. The molecule has 0 amide bonds. The summed E-state index contributed by atoms with van der Waals surface area (Å²) >= 11 is 12.2. The first-order valence-electron chi connectivity index (χ1n) is 10.2. The first-order valence-corrected chi connectivity index (χ1v) is 12.4. The monoisotopic (exact) mass is 468 g/mol. The van der Waals surface area contributed by atoms with Crippen molar-refractivity contribution in [3.8, 4) is 5.75 Å². The van der Waals surface area contributed by atoms with E-state index in [9.17, 15) is 8.42 Å². The van der Waals surface area contributed by atoms with Gasteiger partial charge < -0.3 is 4.74 Å². The maximum absolute atomic E-state index is 13.2. The molecule has 0 bridgehead atoms. The number of rotatable bonds is 5. The molecule has 162 valence electrons. The molecule has 1 fully saturated rings. The summed E-state index contributed by atoms with van der Waals surface area (Å²) in [6.07, 6.45) is 2.87. The first-order chi connectivity index (χ1) is 14.4. The summed E-state index contributed by atoms with van der Waals surface area (Å²) < 4.78 is 33.3. The van der Waals surface area contributed by atoms with E-state index >= 15 is 0 Å². The Labute approximate surface area is 188 Å². The van der Waals surface area contributed by atoms with Crippen molar-refractivity contribution in [3.05, 3.63) is 57.6 Å². The Bertz CT molecular complexity index is 1030. The molecular weight excluding hydrogens is 443 g/mol. The Balaban J connectivity index is 1.44. The Morgan fingerprint density at radius 2 is 1.93 bits per heavy atom. The molecule has 0 radical (unpaired) electrons. The minimum atomic E-state index is -3.66. The van der Waals surface area contributed by atoms with Gasteiger partial charge in [0.2, 0.25) is 10.0 Å². The lowest BCUT2D eigenvalue weighted by molar-refractivity contribution is 0.167. The van der Waals surface area contributed by atoms with Gasteiger partial charge in [-0.15, -0.1) is 0 Å². The van der Waals surface area contributed by atoms with Gasteiger partial charge in [-0.05, 0) is 66.6 Å². The van der Waals surface area contributed by atoms with Crippen LogP contribution >= 0.6 is 23.2 Å². The third-order valence-electron chi connectivity index (χ3n) is 6.01. The van der Waals surface area contributed by atoms with Crippen LogP contribution in [0, 0.1) is 5.92 Å². The van der Waals surface area contributed by atoms with E-state index in [0.717, 1.165) is 44.6 Å². The molecule has 0 saturated carbocycles. The average molecular weight is 469 g/mol. The van der Waals surface area contributed by atoms with E-state index < -0.39 is 10.0 Å². The van der Waals surface area contributed by atoms with Gasteiger partial charge in [-0.1, -0.05) is 29.3 Å². The van der Waals surface area contributed by atoms with Crippen LogP contribution in [0.15, 0.2) is 41.3 Å². The van der Waals surface area contributed by atoms with Crippen molar-refractivity contribution >= 4 is 33.2 Å². The molecule has 2 aliphatic heterocycles. The number of piperidine rings is 1. The fraction of sp³-hybridized carbons (Fsp3) is 0.455. The highest BCUT2D eigenvalue weighted by Gasteiger charge is 2.33. The molecule has 5 nitrogen and oxygen atoms in total. The van der Waals surface area contributed by atoms with Gasteiger partial charge in [-0.2, -0.15) is 4.31 Å². The standard InChI is InChI=1S/C22H26Cl2N2O3S/c1-29-20-6-4-18-15-25(10-8-17(18)11-20)13-16-3-2-9-26(14-16)30(27,28)22-12-19(23)5-7-21(22)24/h4-7,11-12,16H,2-3,8-10,13-15H2,1H3. The van der Waals surface area contributed by atoms with Gasteiger partial charge >= 0.3 is 0 Å². The molecule has 2 aromatic rings. The second-order valence-corrected chi connectivity index (χ2v) is 10.8. The molecule has 2 aromatic carbocycles. The molecule has 0 N–H and O–H groups in total. The van der Waals surface area contributed by atoms with E-state index in [2.05, 4.69) is 17.0 Å². The lowest BCUT2D eigenvalue weighted by Crippen LogP contribution is -2.44. The van der Waals surface area contributed by atoms with Gasteiger partial charge in [0, 0.05) is 37.7 Å². The molecule has 30 heavy (non-hydrogen) atoms. The largest absolute Gasteiger partial charge is 0.497 e. The summed E-state index contributed by atoms with van der Waals surface area (Å²) in [5.41, 5.74) is 2.67.